The standard InChI is InChI=1S/C21H18N2O3.ClH/c22-9-14-1-3-19-17(7-14)18-12-23(11-16(18)13-26-19)10-15-2-4-20-21(8-15)25-6-5-24-20;/h1-8,16,18H,10-13H2;1H. The molecule has 6 heteroatoms. The summed E-state index contributed by atoms with van der Waals surface area (Å²) in [5.74, 6) is 3.33. The third-order valence-corrected chi connectivity index (χ3v) is 5.37. The van der Waals surface area contributed by atoms with E-state index in [1.54, 1.807) is 12.5 Å². The van der Waals surface area contributed by atoms with Crippen molar-refractivity contribution in [2.24, 2.45) is 5.92 Å². The van der Waals surface area contributed by atoms with E-state index in [-0.39, 0.29) is 12.4 Å². The first-order valence-electron chi connectivity index (χ1n) is 8.80. The summed E-state index contributed by atoms with van der Waals surface area (Å²) in [6.07, 6.45) is 3.09. The molecule has 5 nitrogen and oxygen atoms in total. The van der Waals surface area contributed by atoms with Crippen LogP contribution in [0.3, 0.4) is 0 Å². The van der Waals surface area contributed by atoms with Gasteiger partial charge in [0.05, 0.1) is 18.2 Å². The van der Waals surface area contributed by atoms with Crippen LogP contribution >= 0.6 is 12.4 Å². The first kappa shape index (κ1) is 17.7. The Morgan fingerprint density at radius 2 is 1.81 bits per heavy atom. The molecule has 0 amide bonds. The second kappa shape index (κ2) is 7.15. The smallest absolute Gasteiger partial charge is 0.169 e. The van der Waals surface area contributed by atoms with Gasteiger partial charge in [-0.1, -0.05) is 6.07 Å². The lowest BCUT2D eigenvalue weighted by molar-refractivity contribution is 0.212. The van der Waals surface area contributed by atoms with Crippen LogP contribution in [0.5, 0.6) is 17.2 Å². The molecule has 1 fully saturated rings. The second-order valence-electron chi connectivity index (χ2n) is 7.03. The molecule has 2 atom stereocenters. The maximum atomic E-state index is 9.20. The van der Waals surface area contributed by atoms with Crippen molar-refractivity contribution in [1.82, 2.24) is 4.90 Å². The first-order valence-corrected chi connectivity index (χ1v) is 8.80. The molecule has 138 valence electrons. The van der Waals surface area contributed by atoms with Crippen molar-refractivity contribution in [3.8, 4) is 23.3 Å². The topological polar surface area (TPSA) is 54.7 Å². The van der Waals surface area contributed by atoms with Crippen LogP contribution in [0.2, 0.25) is 0 Å². The fourth-order valence-electron chi connectivity index (χ4n) is 4.15. The normalized spacial score (nSPS) is 22.0. The summed E-state index contributed by atoms with van der Waals surface area (Å²) in [5, 5.41) is 9.20. The van der Waals surface area contributed by atoms with Crippen LogP contribution in [0.1, 0.15) is 22.6 Å². The van der Waals surface area contributed by atoms with Crippen LogP contribution in [0.15, 0.2) is 48.9 Å². The van der Waals surface area contributed by atoms with Gasteiger partial charge in [-0.2, -0.15) is 5.26 Å². The highest BCUT2D eigenvalue weighted by Gasteiger charge is 2.38. The minimum atomic E-state index is 0. The lowest BCUT2D eigenvalue weighted by atomic mass is 9.86. The lowest BCUT2D eigenvalue weighted by Crippen LogP contribution is -2.25. The number of ether oxygens (including phenoxy) is 3. The van der Waals surface area contributed by atoms with Crippen molar-refractivity contribution in [2.45, 2.75) is 12.5 Å². The van der Waals surface area contributed by atoms with Crippen molar-refractivity contribution in [1.29, 1.82) is 5.26 Å². The van der Waals surface area contributed by atoms with Crippen LogP contribution in [0.4, 0.5) is 0 Å². The molecule has 3 aliphatic rings. The van der Waals surface area contributed by atoms with Crippen molar-refractivity contribution in [2.75, 3.05) is 19.7 Å². The maximum Gasteiger partial charge on any atom is 0.169 e. The van der Waals surface area contributed by atoms with Gasteiger partial charge < -0.3 is 14.2 Å². The van der Waals surface area contributed by atoms with E-state index < -0.39 is 0 Å². The van der Waals surface area contributed by atoms with Crippen LogP contribution in [0.25, 0.3) is 0 Å². The molecule has 5 rings (SSSR count). The monoisotopic (exact) mass is 382 g/mol. The molecule has 0 N–H and O–H groups in total. The molecule has 1 saturated heterocycles. The predicted molar refractivity (Wildman–Crippen MR) is 102 cm³/mol. The van der Waals surface area contributed by atoms with E-state index in [4.69, 9.17) is 14.2 Å². The number of fused-ring (bicyclic) bond motifs is 4. The SMILES string of the molecule is Cl.N#Cc1ccc2c(c1)C1CN(Cc3ccc4c(c3)OC=CO4)CC1CO2. The number of hydrogen-bond donors (Lipinski definition) is 0. The van der Waals surface area contributed by atoms with Crippen LogP contribution in [-0.2, 0) is 6.54 Å². The van der Waals surface area contributed by atoms with Crippen LogP contribution in [0, 0.1) is 17.2 Å². The molecule has 0 saturated carbocycles. The number of nitrogens with zero attached hydrogens (tertiary/aromatic N) is 2. The Bertz CT molecular complexity index is 938. The number of halogens is 1. The zero-order valence-corrected chi connectivity index (χ0v) is 15.4. The highest BCUT2D eigenvalue weighted by atomic mass is 35.5. The summed E-state index contributed by atoms with van der Waals surface area (Å²) in [7, 11) is 0. The zero-order chi connectivity index (χ0) is 17.5. The molecule has 2 unspecified atom stereocenters. The Morgan fingerprint density at radius 3 is 2.67 bits per heavy atom. The molecule has 0 bridgehead atoms. The number of likely N-dealkylation sites (tertiary alicyclic amines) is 1. The van der Waals surface area contributed by atoms with E-state index >= 15 is 0 Å². The maximum absolute atomic E-state index is 9.20. The Morgan fingerprint density at radius 1 is 1.00 bits per heavy atom. The summed E-state index contributed by atoms with van der Waals surface area (Å²) in [6.45, 7) is 3.58. The van der Waals surface area contributed by atoms with Gasteiger partial charge in [-0.3, -0.25) is 4.90 Å². The molecule has 2 aromatic carbocycles. The van der Waals surface area contributed by atoms with Gasteiger partial charge in [0.2, 0.25) is 0 Å². The van der Waals surface area contributed by atoms with Gasteiger partial charge in [-0.05, 0) is 35.9 Å². The molecular weight excluding hydrogens is 364 g/mol. The van der Waals surface area contributed by atoms with E-state index in [1.165, 1.54) is 11.1 Å². The summed E-state index contributed by atoms with van der Waals surface area (Å²) >= 11 is 0. The molecule has 0 spiro atoms. The van der Waals surface area contributed by atoms with Crippen molar-refractivity contribution >= 4 is 12.4 Å². The number of rotatable bonds is 2. The summed E-state index contributed by atoms with van der Waals surface area (Å²) in [6, 6.07) is 14.1. The predicted octanol–water partition coefficient (Wildman–Crippen LogP) is 3.83. The largest absolute Gasteiger partial charge is 0.493 e. The number of benzene rings is 2. The third-order valence-electron chi connectivity index (χ3n) is 5.37. The second-order valence-corrected chi connectivity index (χ2v) is 7.03. The molecule has 0 aromatic heterocycles. The third kappa shape index (κ3) is 3.23. The number of hydrogen-bond acceptors (Lipinski definition) is 5. The first-order chi connectivity index (χ1) is 12.8. The minimum Gasteiger partial charge on any atom is -0.493 e. The van der Waals surface area contributed by atoms with Gasteiger partial charge >= 0.3 is 0 Å². The Labute approximate surface area is 164 Å². The summed E-state index contributed by atoms with van der Waals surface area (Å²) < 4.78 is 16.9. The van der Waals surface area contributed by atoms with Gasteiger partial charge in [0.15, 0.2) is 11.5 Å². The Hall–Kier alpha value is -2.68. The quantitative estimate of drug-likeness (QED) is 0.790. The van der Waals surface area contributed by atoms with Crippen molar-refractivity contribution in [3.63, 3.8) is 0 Å². The Kier molecular flexibility index (Phi) is 4.69. The highest BCUT2D eigenvalue weighted by molar-refractivity contribution is 5.85. The average molecular weight is 383 g/mol. The fraction of sp³-hybridized carbons (Fsp3) is 0.286. The van der Waals surface area contributed by atoms with Gasteiger partial charge in [-0.15, -0.1) is 12.4 Å². The van der Waals surface area contributed by atoms with Crippen molar-refractivity contribution < 1.29 is 14.2 Å². The molecule has 3 heterocycles. The van der Waals surface area contributed by atoms with E-state index in [1.807, 2.05) is 30.3 Å². The van der Waals surface area contributed by atoms with Crippen molar-refractivity contribution in [3.05, 3.63) is 65.6 Å². The van der Waals surface area contributed by atoms with E-state index in [9.17, 15) is 5.26 Å². The molecule has 27 heavy (non-hydrogen) atoms. The molecule has 0 aliphatic carbocycles. The van der Waals surface area contributed by atoms with E-state index in [2.05, 4.69) is 17.0 Å². The molecular formula is C21H19ClN2O3. The molecule has 2 aromatic rings. The lowest BCUT2D eigenvalue weighted by Gasteiger charge is -2.27. The molecule has 3 aliphatic heterocycles. The van der Waals surface area contributed by atoms with Gasteiger partial charge in [0.1, 0.15) is 18.3 Å². The average Bonchev–Trinajstić information content (AvgIpc) is 3.10. The van der Waals surface area contributed by atoms with Crippen LogP contribution in [-0.4, -0.2) is 24.6 Å². The number of nitriles is 1. The van der Waals surface area contributed by atoms with Gasteiger partial charge in [0, 0.05) is 37.0 Å². The summed E-state index contributed by atoms with van der Waals surface area (Å²) in [4.78, 5) is 2.45. The zero-order valence-electron chi connectivity index (χ0n) is 14.6. The summed E-state index contributed by atoms with van der Waals surface area (Å²) in [5.41, 5.74) is 3.08. The fourth-order valence-corrected chi connectivity index (χ4v) is 4.15. The van der Waals surface area contributed by atoms with Gasteiger partial charge in [-0.25, -0.2) is 0 Å². The molecule has 0 radical (unpaired) electrons. The Balaban J connectivity index is 0.00000180. The van der Waals surface area contributed by atoms with E-state index in [0.717, 1.165) is 43.5 Å². The van der Waals surface area contributed by atoms with Gasteiger partial charge in [0.25, 0.3) is 0 Å². The van der Waals surface area contributed by atoms with E-state index in [0.29, 0.717) is 17.4 Å². The minimum absolute atomic E-state index is 0. The highest BCUT2D eigenvalue weighted by Crippen LogP contribution is 2.42. The van der Waals surface area contributed by atoms with Crippen LogP contribution < -0.4 is 14.2 Å².